The van der Waals surface area contributed by atoms with E-state index in [2.05, 4.69) is 16.8 Å². The molecule has 92 valence electrons. The third-order valence-corrected chi connectivity index (χ3v) is 3.85. The Morgan fingerprint density at radius 3 is 3.24 bits per heavy atom. The zero-order chi connectivity index (χ0) is 12.3. The molecular formula is C12H16N2O2S. The second-order valence-electron chi connectivity index (χ2n) is 4.41. The van der Waals surface area contributed by atoms with Crippen LogP contribution >= 0.6 is 11.3 Å². The van der Waals surface area contributed by atoms with Crippen LogP contribution in [0.25, 0.3) is 6.08 Å². The lowest BCUT2D eigenvalue weighted by Gasteiger charge is -2.30. The highest BCUT2D eigenvalue weighted by atomic mass is 32.1. The summed E-state index contributed by atoms with van der Waals surface area (Å²) in [7, 11) is 0. The lowest BCUT2D eigenvalue weighted by Crippen LogP contribution is -2.34. The van der Waals surface area contributed by atoms with Gasteiger partial charge in [0.1, 0.15) is 0 Å². The number of carboxylic acids is 1. The van der Waals surface area contributed by atoms with Crippen molar-refractivity contribution in [3.63, 3.8) is 0 Å². The SMILES string of the molecule is CC1CCCN(c2ncc(/C=C/C(=O)O)s2)C1. The number of aromatic nitrogens is 1. The molecule has 0 bridgehead atoms. The molecular weight excluding hydrogens is 236 g/mol. The standard InChI is InChI=1S/C12H16N2O2S/c1-9-3-2-6-14(8-9)12-13-7-10(17-12)4-5-11(15)16/h4-5,7,9H,2-3,6,8H2,1H3,(H,15,16)/b5-4+. The van der Waals surface area contributed by atoms with Gasteiger partial charge in [0, 0.05) is 30.2 Å². The molecule has 0 spiro atoms. The first-order valence-corrected chi connectivity index (χ1v) is 6.58. The van der Waals surface area contributed by atoms with E-state index in [1.807, 2.05) is 0 Å². The first kappa shape index (κ1) is 12.1. The van der Waals surface area contributed by atoms with Crippen LogP contribution in [0.1, 0.15) is 24.6 Å². The molecule has 1 aromatic rings. The number of anilines is 1. The number of hydrogen-bond donors (Lipinski definition) is 1. The molecule has 1 saturated heterocycles. The molecule has 5 heteroatoms. The van der Waals surface area contributed by atoms with Gasteiger partial charge >= 0.3 is 5.97 Å². The van der Waals surface area contributed by atoms with Crippen molar-refractivity contribution in [2.24, 2.45) is 5.92 Å². The predicted molar refractivity (Wildman–Crippen MR) is 69.4 cm³/mol. The molecule has 1 aliphatic heterocycles. The molecule has 0 aromatic carbocycles. The first-order chi connectivity index (χ1) is 8.15. The van der Waals surface area contributed by atoms with E-state index in [1.165, 1.54) is 12.8 Å². The van der Waals surface area contributed by atoms with Gasteiger partial charge in [-0.3, -0.25) is 0 Å². The average Bonchev–Trinajstić information content (AvgIpc) is 2.75. The van der Waals surface area contributed by atoms with Crippen molar-refractivity contribution in [1.82, 2.24) is 4.98 Å². The van der Waals surface area contributed by atoms with Crippen LogP contribution in [0.4, 0.5) is 5.13 Å². The number of carboxylic acid groups (broad SMARTS) is 1. The molecule has 4 nitrogen and oxygen atoms in total. The first-order valence-electron chi connectivity index (χ1n) is 5.77. The van der Waals surface area contributed by atoms with Crippen LogP contribution in [0.5, 0.6) is 0 Å². The van der Waals surface area contributed by atoms with Gasteiger partial charge in [-0.2, -0.15) is 0 Å². The van der Waals surface area contributed by atoms with Gasteiger partial charge in [-0.15, -0.1) is 0 Å². The van der Waals surface area contributed by atoms with Crippen molar-refractivity contribution in [3.05, 3.63) is 17.2 Å². The molecule has 1 unspecified atom stereocenters. The Balaban J connectivity index is 2.04. The van der Waals surface area contributed by atoms with E-state index in [-0.39, 0.29) is 0 Å². The van der Waals surface area contributed by atoms with Crippen LogP contribution in [0.3, 0.4) is 0 Å². The summed E-state index contributed by atoms with van der Waals surface area (Å²) >= 11 is 1.55. The van der Waals surface area contributed by atoms with Gasteiger partial charge in [0.2, 0.25) is 0 Å². The number of rotatable bonds is 3. The maximum Gasteiger partial charge on any atom is 0.328 e. The molecule has 1 aliphatic rings. The minimum atomic E-state index is -0.924. The lowest BCUT2D eigenvalue weighted by atomic mass is 10.0. The molecule has 0 aliphatic carbocycles. The Hall–Kier alpha value is -1.36. The molecule has 1 aromatic heterocycles. The number of thiazole rings is 1. The van der Waals surface area contributed by atoms with Crippen LogP contribution in [0, 0.1) is 5.92 Å². The van der Waals surface area contributed by atoms with E-state index in [1.54, 1.807) is 23.6 Å². The number of carbonyl (C=O) groups is 1. The van der Waals surface area contributed by atoms with E-state index >= 15 is 0 Å². The second kappa shape index (κ2) is 5.31. The molecule has 0 radical (unpaired) electrons. The van der Waals surface area contributed by atoms with Gasteiger partial charge in [0.15, 0.2) is 5.13 Å². The highest BCUT2D eigenvalue weighted by molar-refractivity contribution is 7.16. The van der Waals surface area contributed by atoms with Crippen LogP contribution < -0.4 is 4.90 Å². The highest BCUT2D eigenvalue weighted by Gasteiger charge is 2.18. The maximum absolute atomic E-state index is 10.4. The van der Waals surface area contributed by atoms with Crippen molar-refractivity contribution in [3.8, 4) is 0 Å². The number of piperidine rings is 1. The van der Waals surface area contributed by atoms with Crippen molar-refractivity contribution < 1.29 is 9.90 Å². The lowest BCUT2D eigenvalue weighted by molar-refractivity contribution is -0.131. The number of nitrogens with zero attached hydrogens (tertiary/aromatic N) is 2. The Morgan fingerprint density at radius 2 is 2.53 bits per heavy atom. The fourth-order valence-electron chi connectivity index (χ4n) is 2.02. The van der Waals surface area contributed by atoms with Crippen LogP contribution in [-0.4, -0.2) is 29.1 Å². The fraction of sp³-hybridized carbons (Fsp3) is 0.500. The van der Waals surface area contributed by atoms with E-state index in [4.69, 9.17) is 5.11 Å². The Labute approximate surface area is 105 Å². The van der Waals surface area contributed by atoms with Gasteiger partial charge in [-0.25, -0.2) is 9.78 Å². The summed E-state index contributed by atoms with van der Waals surface area (Å²) in [5.74, 6) is -0.211. The van der Waals surface area contributed by atoms with Crippen molar-refractivity contribution >= 4 is 28.5 Å². The third kappa shape index (κ3) is 3.30. The van der Waals surface area contributed by atoms with E-state index in [0.29, 0.717) is 5.92 Å². The molecule has 0 amide bonds. The second-order valence-corrected chi connectivity index (χ2v) is 5.45. The van der Waals surface area contributed by atoms with Crippen molar-refractivity contribution in [2.75, 3.05) is 18.0 Å². The normalized spacial score (nSPS) is 21.0. The molecule has 1 atom stereocenters. The largest absolute Gasteiger partial charge is 0.478 e. The maximum atomic E-state index is 10.4. The average molecular weight is 252 g/mol. The molecule has 0 saturated carbocycles. The molecule has 1 N–H and O–H groups in total. The summed E-state index contributed by atoms with van der Waals surface area (Å²) < 4.78 is 0. The van der Waals surface area contributed by atoms with Gasteiger partial charge in [-0.1, -0.05) is 18.3 Å². The van der Waals surface area contributed by atoms with Crippen molar-refractivity contribution in [1.29, 1.82) is 0 Å². The quantitative estimate of drug-likeness (QED) is 0.840. The molecule has 17 heavy (non-hydrogen) atoms. The summed E-state index contributed by atoms with van der Waals surface area (Å²) in [6.07, 6.45) is 6.97. The Kier molecular flexibility index (Phi) is 3.78. The topological polar surface area (TPSA) is 53.4 Å². The van der Waals surface area contributed by atoms with Crippen molar-refractivity contribution in [2.45, 2.75) is 19.8 Å². The molecule has 2 heterocycles. The van der Waals surface area contributed by atoms with Crippen LogP contribution in [0.15, 0.2) is 12.3 Å². The van der Waals surface area contributed by atoms with Crippen LogP contribution in [-0.2, 0) is 4.79 Å². The minimum Gasteiger partial charge on any atom is -0.478 e. The number of aliphatic carboxylic acids is 1. The summed E-state index contributed by atoms with van der Waals surface area (Å²) in [4.78, 5) is 17.9. The van der Waals surface area contributed by atoms with E-state index < -0.39 is 5.97 Å². The fourth-order valence-corrected chi connectivity index (χ4v) is 2.87. The molecule has 1 fully saturated rings. The smallest absolute Gasteiger partial charge is 0.328 e. The van der Waals surface area contributed by atoms with Gasteiger partial charge < -0.3 is 10.0 Å². The predicted octanol–water partition coefficient (Wildman–Crippen LogP) is 2.48. The summed E-state index contributed by atoms with van der Waals surface area (Å²) in [6, 6.07) is 0. The minimum absolute atomic E-state index is 0.714. The van der Waals surface area contributed by atoms with Gasteiger partial charge in [0.05, 0.1) is 0 Å². The molecule has 2 rings (SSSR count). The Morgan fingerprint density at radius 1 is 1.71 bits per heavy atom. The monoisotopic (exact) mass is 252 g/mol. The highest BCUT2D eigenvalue weighted by Crippen LogP contribution is 2.27. The summed E-state index contributed by atoms with van der Waals surface area (Å²) in [5, 5.41) is 9.55. The Bertz CT molecular complexity index is 428. The van der Waals surface area contributed by atoms with Gasteiger partial charge in [0.25, 0.3) is 0 Å². The zero-order valence-corrected chi connectivity index (χ0v) is 10.6. The van der Waals surface area contributed by atoms with Gasteiger partial charge in [-0.05, 0) is 24.8 Å². The van der Waals surface area contributed by atoms with E-state index in [0.717, 1.165) is 29.2 Å². The number of hydrogen-bond acceptors (Lipinski definition) is 4. The van der Waals surface area contributed by atoms with E-state index in [9.17, 15) is 4.79 Å². The van der Waals surface area contributed by atoms with Crippen LogP contribution in [0.2, 0.25) is 0 Å². The summed E-state index contributed by atoms with van der Waals surface area (Å²) in [6.45, 7) is 4.36. The third-order valence-electron chi connectivity index (χ3n) is 2.83. The summed E-state index contributed by atoms with van der Waals surface area (Å²) in [5.41, 5.74) is 0. The zero-order valence-electron chi connectivity index (χ0n) is 9.80.